The van der Waals surface area contributed by atoms with Gasteiger partial charge in [0.2, 0.25) is 0 Å². The zero-order valence-corrected chi connectivity index (χ0v) is 11.7. The standard InChI is InChI=1S/C12H28Si/c1-8-9-10-11(12(2,3)4)13(5,6)7/h11H,8-10H2,1-7H3. The Hall–Kier alpha value is 0.217. The molecule has 0 nitrogen and oxygen atoms in total. The van der Waals surface area contributed by atoms with E-state index in [2.05, 4.69) is 47.3 Å². The zero-order chi connectivity index (χ0) is 10.7. The van der Waals surface area contributed by atoms with Crippen molar-refractivity contribution in [2.45, 2.75) is 72.1 Å². The Bertz CT molecular complexity index is 122. The molecule has 13 heavy (non-hydrogen) atoms. The van der Waals surface area contributed by atoms with E-state index in [1.807, 2.05) is 0 Å². The smallest absolute Gasteiger partial charge is 0.0478 e. The first-order chi connectivity index (χ1) is 5.69. The number of hydrogen-bond acceptors (Lipinski definition) is 0. The van der Waals surface area contributed by atoms with E-state index in [1.54, 1.807) is 0 Å². The second-order valence-electron chi connectivity index (χ2n) is 6.43. The first-order valence-corrected chi connectivity index (χ1v) is 9.27. The lowest BCUT2D eigenvalue weighted by Gasteiger charge is -2.39. The van der Waals surface area contributed by atoms with Gasteiger partial charge in [-0.3, -0.25) is 0 Å². The fourth-order valence-electron chi connectivity index (χ4n) is 2.57. The van der Waals surface area contributed by atoms with Gasteiger partial charge in [0.15, 0.2) is 0 Å². The maximum absolute atomic E-state index is 2.51. The third-order valence-electron chi connectivity index (χ3n) is 2.94. The third-order valence-corrected chi connectivity index (χ3v) is 6.18. The summed E-state index contributed by atoms with van der Waals surface area (Å²) < 4.78 is 0. The van der Waals surface area contributed by atoms with Gasteiger partial charge in [-0.25, -0.2) is 0 Å². The first kappa shape index (κ1) is 13.2. The quantitative estimate of drug-likeness (QED) is 0.564. The maximum atomic E-state index is 2.51. The Kier molecular flexibility index (Phi) is 4.71. The molecule has 1 unspecified atom stereocenters. The summed E-state index contributed by atoms with van der Waals surface area (Å²) in [5.74, 6) is 0. The molecule has 1 heteroatoms. The average Bonchev–Trinajstić information content (AvgIpc) is 1.81. The molecule has 0 aliphatic heterocycles. The van der Waals surface area contributed by atoms with Gasteiger partial charge in [0, 0.05) is 8.07 Å². The minimum Gasteiger partial charge on any atom is -0.0693 e. The Morgan fingerprint density at radius 2 is 1.54 bits per heavy atom. The summed E-state index contributed by atoms with van der Waals surface area (Å²) in [6.07, 6.45) is 4.19. The number of hydrogen-bond donors (Lipinski definition) is 0. The Labute approximate surface area is 86.1 Å². The van der Waals surface area contributed by atoms with Crippen LogP contribution in [0.1, 0.15) is 47.0 Å². The van der Waals surface area contributed by atoms with Crippen molar-refractivity contribution in [3.63, 3.8) is 0 Å². The molecular weight excluding hydrogens is 172 g/mol. The van der Waals surface area contributed by atoms with Crippen molar-refractivity contribution in [3.05, 3.63) is 0 Å². The molecule has 0 bridgehead atoms. The van der Waals surface area contributed by atoms with Crippen molar-refractivity contribution < 1.29 is 0 Å². The fourth-order valence-corrected chi connectivity index (χ4v) is 6.24. The van der Waals surface area contributed by atoms with E-state index in [4.69, 9.17) is 0 Å². The Morgan fingerprint density at radius 1 is 1.08 bits per heavy atom. The van der Waals surface area contributed by atoms with Gasteiger partial charge < -0.3 is 0 Å². The molecule has 0 aromatic rings. The van der Waals surface area contributed by atoms with E-state index in [0.717, 1.165) is 5.54 Å². The topological polar surface area (TPSA) is 0 Å². The van der Waals surface area contributed by atoms with E-state index >= 15 is 0 Å². The van der Waals surface area contributed by atoms with Crippen LogP contribution in [0, 0.1) is 5.41 Å². The predicted molar refractivity (Wildman–Crippen MR) is 66.1 cm³/mol. The van der Waals surface area contributed by atoms with Crippen LogP contribution in [0.4, 0.5) is 0 Å². The minimum absolute atomic E-state index is 0.514. The maximum Gasteiger partial charge on any atom is 0.0478 e. The molecule has 0 spiro atoms. The van der Waals surface area contributed by atoms with Gasteiger partial charge >= 0.3 is 0 Å². The van der Waals surface area contributed by atoms with Crippen molar-refractivity contribution in [3.8, 4) is 0 Å². The Balaban J connectivity index is 4.39. The molecule has 0 radical (unpaired) electrons. The molecule has 1 atom stereocenters. The molecule has 0 amide bonds. The van der Waals surface area contributed by atoms with Crippen molar-refractivity contribution >= 4 is 8.07 Å². The molecular formula is C12H28Si. The van der Waals surface area contributed by atoms with Gasteiger partial charge in [0.05, 0.1) is 0 Å². The number of unbranched alkanes of at least 4 members (excludes halogenated alkanes) is 1. The third kappa shape index (κ3) is 4.85. The van der Waals surface area contributed by atoms with Crippen LogP contribution >= 0.6 is 0 Å². The summed E-state index contributed by atoms with van der Waals surface area (Å²) in [6, 6.07) is 0. The van der Waals surface area contributed by atoms with Crippen LogP contribution in [0.3, 0.4) is 0 Å². The first-order valence-electron chi connectivity index (χ1n) is 5.69. The predicted octanol–water partition coefficient (Wildman–Crippen LogP) is 4.93. The van der Waals surface area contributed by atoms with Gasteiger partial charge in [0.25, 0.3) is 0 Å². The van der Waals surface area contributed by atoms with Crippen LogP contribution in [0.5, 0.6) is 0 Å². The van der Waals surface area contributed by atoms with Crippen LogP contribution < -0.4 is 0 Å². The summed E-state index contributed by atoms with van der Waals surface area (Å²) in [5.41, 5.74) is 1.49. The SMILES string of the molecule is CCCCC(C(C)(C)C)[Si](C)(C)C. The van der Waals surface area contributed by atoms with Crippen molar-refractivity contribution in [1.82, 2.24) is 0 Å². The van der Waals surface area contributed by atoms with E-state index in [0.29, 0.717) is 5.41 Å². The molecule has 0 saturated heterocycles. The molecule has 0 N–H and O–H groups in total. The molecule has 0 aliphatic rings. The van der Waals surface area contributed by atoms with Crippen LogP contribution in [0.2, 0.25) is 25.2 Å². The van der Waals surface area contributed by atoms with Gasteiger partial charge in [-0.2, -0.15) is 0 Å². The lowest BCUT2D eigenvalue weighted by atomic mass is 9.88. The van der Waals surface area contributed by atoms with Crippen LogP contribution in [0.25, 0.3) is 0 Å². The largest absolute Gasteiger partial charge is 0.0693 e. The van der Waals surface area contributed by atoms with Gasteiger partial charge in [-0.15, -0.1) is 0 Å². The number of rotatable bonds is 4. The summed E-state index contributed by atoms with van der Waals surface area (Å²) >= 11 is 0. The van der Waals surface area contributed by atoms with E-state index in [1.165, 1.54) is 19.3 Å². The highest BCUT2D eigenvalue weighted by atomic mass is 28.3. The highest BCUT2D eigenvalue weighted by Crippen LogP contribution is 2.42. The summed E-state index contributed by atoms with van der Waals surface area (Å²) in [4.78, 5) is 0. The summed E-state index contributed by atoms with van der Waals surface area (Å²) in [7, 11) is -0.959. The lowest BCUT2D eigenvalue weighted by molar-refractivity contribution is 0.349. The van der Waals surface area contributed by atoms with Crippen molar-refractivity contribution in [1.29, 1.82) is 0 Å². The Morgan fingerprint density at radius 3 is 1.77 bits per heavy atom. The monoisotopic (exact) mass is 200 g/mol. The second kappa shape index (κ2) is 4.63. The minimum atomic E-state index is -0.959. The molecule has 80 valence electrons. The highest BCUT2D eigenvalue weighted by molar-refractivity contribution is 6.77. The normalized spacial score (nSPS) is 15.9. The molecule has 0 heterocycles. The average molecular weight is 200 g/mol. The molecule has 0 rings (SSSR count). The molecule has 0 fully saturated rings. The van der Waals surface area contributed by atoms with Crippen molar-refractivity contribution in [2.24, 2.45) is 5.41 Å². The molecule has 0 aromatic heterocycles. The molecule has 0 aromatic carbocycles. The van der Waals surface area contributed by atoms with Crippen LogP contribution in [-0.4, -0.2) is 8.07 Å². The van der Waals surface area contributed by atoms with Gasteiger partial charge in [0.1, 0.15) is 0 Å². The van der Waals surface area contributed by atoms with E-state index in [-0.39, 0.29) is 0 Å². The molecule has 0 saturated carbocycles. The lowest BCUT2D eigenvalue weighted by Crippen LogP contribution is -2.36. The van der Waals surface area contributed by atoms with Gasteiger partial charge in [-0.05, 0) is 11.0 Å². The highest BCUT2D eigenvalue weighted by Gasteiger charge is 2.35. The molecule has 0 aliphatic carbocycles. The fraction of sp³-hybridized carbons (Fsp3) is 1.00. The van der Waals surface area contributed by atoms with Crippen LogP contribution in [0.15, 0.2) is 0 Å². The van der Waals surface area contributed by atoms with Crippen LogP contribution in [-0.2, 0) is 0 Å². The second-order valence-corrected chi connectivity index (χ2v) is 11.9. The zero-order valence-electron chi connectivity index (χ0n) is 10.7. The summed E-state index contributed by atoms with van der Waals surface area (Å²) in [6.45, 7) is 17.1. The van der Waals surface area contributed by atoms with Gasteiger partial charge in [-0.1, -0.05) is 66.6 Å². The van der Waals surface area contributed by atoms with E-state index in [9.17, 15) is 0 Å². The van der Waals surface area contributed by atoms with E-state index < -0.39 is 8.07 Å². The summed E-state index contributed by atoms with van der Waals surface area (Å²) in [5, 5.41) is 0. The van der Waals surface area contributed by atoms with Crippen molar-refractivity contribution in [2.75, 3.05) is 0 Å².